The van der Waals surface area contributed by atoms with E-state index in [0.717, 1.165) is 12.8 Å². The molecule has 0 radical (unpaired) electrons. The average Bonchev–Trinajstić information content (AvgIpc) is 2.96. The summed E-state index contributed by atoms with van der Waals surface area (Å²) in [5.41, 5.74) is -1.25. The number of rotatable bonds is 6. The number of hydrogen-bond donors (Lipinski definition) is 0. The normalized spacial score (nSPS) is 31.5. The number of ketones is 4. The Hall–Kier alpha value is -1.58. The van der Waals surface area contributed by atoms with E-state index in [1.165, 1.54) is 13.8 Å². The second-order valence-corrected chi connectivity index (χ2v) is 6.93. The van der Waals surface area contributed by atoms with Crippen molar-refractivity contribution in [3.8, 4) is 0 Å². The van der Waals surface area contributed by atoms with Gasteiger partial charge in [-0.2, -0.15) is 0 Å². The molecule has 4 nitrogen and oxygen atoms in total. The summed E-state index contributed by atoms with van der Waals surface area (Å²) >= 11 is 0. The predicted octanol–water partition coefficient (Wildman–Crippen LogP) is 2.98. The highest BCUT2D eigenvalue weighted by Crippen LogP contribution is 2.46. The zero-order chi connectivity index (χ0) is 16.5. The highest BCUT2D eigenvalue weighted by Gasteiger charge is 2.49. The SMILES string of the molecule is C=C(CC1(C(C)=O)CCCC1=O)CC1(C(C)=O)CCCC1=O. The molecule has 22 heavy (non-hydrogen) atoms. The molecule has 0 N–H and O–H groups in total. The van der Waals surface area contributed by atoms with E-state index in [0.29, 0.717) is 31.3 Å². The average molecular weight is 304 g/mol. The summed E-state index contributed by atoms with van der Waals surface area (Å²) in [5, 5.41) is 0. The first-order chi connectivity index (χ1) is 10.2. The Morgan fingerprint density at radius 1 is 0.909 bits per heavy atom. The van der Waals surface area contributed by atoms with E-state index in [1.54, 1.807) is 0 Å². The molecule has 2 rings (SSSR count). The van der Waals surface area contributed by atoms with Crippen molar-refractivity contribution in [2.24, 2.45) is 10.8 Å². The summed E-state index contributed by atoms with van der Waals surface area (Å²) < 4.78 is 0. The monoisotopic (exact) mass is 304 g/mol. The molecule has 2 aliphatic rings. The van der Waals surface area contributed by atoms with Crippen LogP contribution in [0.25, 0.3) is 0 Å². The zero-order valence-electron chi connectivity index (χ0n) is 13.5. The molecule has 0 spiro atoms. The molecule has 2 aliphatic carbocycles. The van der Waals surface area contributed by atoms with Crippen molar-refractivity contribution in [2.45, 2.75) is 65.2 Å². The van der Waals surface area contributed by atoms with Gasteiger partial charge in [-0.3, -0.25) is 19.2 Å². The Kier molecular flexibility index (Phi) is 4.50. The van der Waals surface area contributed by atoms with E-state index in [2.05, 4.69) is 6.58 Å². The number of carbonyl (C=O) groups excluding carboxylic acids is 4. The lowest BCUT2D eigenvalue weighted by Gasteiger charge is -2.30. The number of Topliss-reactive ketones (excluding diaryl/α,β-unsaturated/α-hetero) is 4. The van der Waals surface area contributed by atoms with Gasteiger partial charge in [-0.1, -0.05) is 12.2 Å². The van der Waals surface area contributed by atoms with E-state index in [9.17, 15) is 19.2 Å². The van der Waals surface area contributed by atoms with E-state index in [4.69, 9.17) is 0 Å². The maximum atomic E-state index is 12.2. The molecule has 120 valence electrons. The van der Waals surface area contributed by atoms with Gasteiger partial charge >= 0.3 is 0 Å². The second-order valence-electron chi connectivity index (χ2n) is 6.93. The Bertz CT molecular complexity index is 511. The quantitative estimate of drug-likeness (QED) is 0.559. The van der Waals surface area contributed by atoms with Crippen LogP contribution in [0.3, 0.4) is 0 Å². The number of hydrogen-bond acceptors (Lipinski definition) is 4. The minimum absolute atomic E-state index is 0.0178. The highest BCUT2D eigenvalue weighted by molar-refractivity contribution is 6.08. The third-order valence-electron chi connectivity index (χ3n) is 5.53. The van der Waals surface area contributed by atoms with E-state index >= 15 is 0 Å². The van der Waals surface area contributed by atoms with Crippen molar-refractivity contribution in [2.75, 3.05) is 0 Å². The van der Waals surface area contributed by atoms with Gasteiger partial charge in [0, 0.05) is 12.8 Å². The zero-order valence-corrected chi connectivity index (χ0v) is 13.5. The van der Waals surface area contributed by atoms with Crippen LogP contribution in [0.15, 0.2) is 12.2 Å². The van der Waals surface area contributed by atoms with Gasteiger partial charge in [0.05, 0.1) is 10.8 Å². The molecule has 0 aromatic rings. The minimum Gasteiger partial charge on any atom is -0.299 e. The van der Waals surface area contributed by atoms with Gasteiger partial charge in [0.2, 0.25) is 0 Å². The van der Waals surface area contributed by atoms with Gasteiger partial charge in [-0.25, -0.2) is 0 Å². The van der Waals surface area contributed by atoms with E-state index in [-0.39, 0.29) is 36.0 Å². The lowest BCUT2D eigenvalue weighted by molar-refractivity contribution is -0.137. The lowest BCUT2D eigenvalue weighted by Crippen LogP contribution is -2.37. The number of allylic oxidation sites excluding steroid dienone is 1. The largest absolute Gasteiger partial charge is 0.299 e. The van der Waals surface area contributed by atoms with Crippen molar-refractivity contribution in [3.63, 3.8) is 0 Å². The first-order valence-corrected chi connectivity index (χ1v) is 8.00. The van der Waals surface area contributed by atoms with Gasteiger partial charge in [0.15, 0.2) is 0 Å². The molecule has 2 unspecified atom stereocenters. The van der Waals surface area contributed by atoms with Crippen LogP contribution in [0.5, 0.6) is 0 Å². The smallest absolute Gasteiger partial charge is 0.146 e. The third-order valence-corrected chi connectivity index (χ3v) is 5.53. The predicted molar refractivity (Wildman–Crippen MR) is 82.3 cm³/mol. The molecule has 0 bridgehead atoms. The molecule has 4 heteroatoms. The first-order valence-electron chi connectivity index (χ1n) is 8.00. The summed E-state index contributed by atoms with van der Waals surface area (Å²) in [7, 11) is 0. The Balaban J connectivity index is 2.18. The molecule has 0 amide bonds. The lowest BCUT2D eigenvalue weighted by atomic mass is 9.70. The van der Waals surface area contributed by atoms with Crippen LogP contribution in [-0.2, 0) is 19.2 Å². The van der Waals surface area contributed by atoms with Gasteiger partial charge in [-0.15, -0.1) is 0 Å². The maximum Gasteiger partial charge on any atom is 0.146 e. The summed E-state index contributed by atoms with van der Waals surface area (Å²) in [6.45, 7) is 6.91. The summed E-state index contributed by atoms with van der Waals surface area (Å²) in [5.74, 6) is -0.275. The second kappa shape index (κ2) is 5.90. The van der Waals surface area contributed by atoms with Crippen LogP contribution in [0, 0.1) is 10.8 Å². The summed E-state index contributed by atoms with van der Waals surface area (Å²) in [4.78, 5) is 48.5. The summed E-state index contributed by atoms with van der Waals surface area (Å²) in [6, 6.07) is 0. The van der Waals surface area contributed by atoms with Crippen LogP contribution in [0.1, 0.15) is 65.2 Å². The van der Waals surface area contributed by atoms with Crippen LogP contribution < -0.4 is 0 Å². The topological polar surface area (TPSA) is 68.3 Å². The highest BCUT2D eigenvalue weighted by atomic mass is 16.2. The molecule has 2 fully saturated rings. The fourth-order valence-corrected chi connectivity index (χ4v) is 4.14. The molecule has 0 aromatic heterocycles. The fourth-order valence-electron chi connectivity index (χ4n) is 4.14. The molecule has 2 saturated carbocycles. The van der Waals surface area contributed by atoms with Crippen molar-refractivity contribution in [3.05, 3.63) is 12.2 Å². The molecule has 2 atom stereocenters. The Morgan fingerprint density at radius 2 is 1.27 bits per heavy atom. The third kappa shape index (κ3) is 2.59. The van der Waals surface area contributed by atoms with Crippen molar-refractivity contribution >= 4 is 23.1 Å². The fraction of sp³-hybridized carbons (Fsp3) is 0.667. The maximum absolute atomic E-state index is 12.2. The first kappa shape index (κ1) is 16.8. The minimum atomic E-state index is -0.962. The van der Waals surface area contributed by atoms with Crippen LogP contribution >= 0.6 is 0 Å². The molecular weight excluding hydrogens is 280 g/mol. The summed E-state index contributed by atoms with van der Waals surface area (Å²) in [6.07, 6.45) is 3.99. The van der Waals surface area contributed by atoms with Gasteiger partial charge < -0.3 is 0 Å². The molecule has 0 saturated heterocycles. The van der Waals surface area contributed by atoms with Crippen LogP contribution in [0.4, 0.5) is 0 Å². The van der Waals surface area contributed by atoms with Crippen LogP contribution in [-0.4, -0.2) is 23.1 Å². The van der Waals surface area contributed by atoms with Crippen LogP contribution in [0.2, 0.25) is 0 Å². The Morgan fingerprint density at radius 3 is 1.50 bits per heavy atom. The van der Waals surface area contributed by atoms with Crippen molar-refractivity contribution < 1.29 is 19.2 Å². The van der Waals surface area contributed by atoms with Crippen molar-refractivity contribution in [1.29, 1.82) is 0 Å². The molecular formula is C18H24O4. The van der Waals surface area contributed by atoms with E-state index < -0.39 is 10.8 Å². The van der Waals surface area contributed by atoms with Crippen molar-refractivity contribution in [1.82, 2.24) is 0 Å². The van der Waals surface area contributed by atoms with Gasteiger partial charge in [0.1, 0.15) is 23.1 Å². The molecule has 0 heterocycles. The van der Waals surface area contributed by atoms with Gasteiger partial charge in [0.25, 0.3) is 0 Å². The number of carbonyl (C=O) groups is 4. The van der Waals surface area contributed by atoms with E-state index in [1.807, 2.05) is 0 Å². The standard InChI is InChI=1S/C18H24O4/c1-12(10-17(13(2)19)8-4-6-15(17)21)11-18(14(3)20)9-5-7-16(18)22/h1,4-11H2,2-3H3. The molecule has 0 aliphatic heterocycles. The molecule has 0 aromatic carbocycles. The Labute approximate surface area is 131 Å². The van der Waals surface area contributed by atoms with Gasteiger partial charge in [-0.05, 0) is 52.4 Å².